The normalized spacial score (nSPS) is 12.7. The maximum absolute atomic E-state index is 13.8. The third-order valence-electron chi connectivity index (χ3n) is 9.26. The van der Waals surface area contributed by atoms with Crippen LogP contribution in [0.5, 0.6) is 5.75 Å². The van der Waals surface area contributed by atoms with E-state index in [-0.39, 0.29) is 11.6 Å². The van der Waals surface area contributed by atoms with Crippen LogP contribution in [0.25, 0.3) is 21.3 Å². The molecule has 0 radical (unpaired) electrons. The summed E-state index contributed by atoms with van der Waals surface area (Å²) >= 11 is 1.45. The molecule has 0 aliphatic carbocycles. The second-order valence-electron chi connectivity index (χ2n) is 14.5. The highest BCUT2D eigenvalue weighted by molar-refractivity contribution is 7.22. The molecule has 1 N–H and O–H groups in total. The quantitative estimate of drug-likeness (QED) is 0.138. The number of carbonyl (C=O) groups excluding carboxylic acids is 2. The predicted molar refractivity (Wildman–Crippen MR) is 216 cm³/mol. The van der Waals surface area contributed by atoms with Crippen LogP contribution in [0.1, 0.15) is 63.9 Å². The molecular formula is C44H40N6O4S. The number of thiazole rings is 1. The monoisotopic (exact) mass is 748 g/mol. The van der Waals surface area contributed by atoms with Crippen molar-refractivity contribution in [1.82, 2.24) is 19.7 Å². The first-order valence-corrected chi connectivity index (χ1v) is 19.0. The Kier molecular flexibility index (Phi) is 9.86. The van der Waals surface area contributed by atoms with Crippen LogP contribution in [0.4, 0.5) is 10.9 Å². The van der Waals surface area contributed by atoms with Crippen LogP contribution in [-0.4, -0.2) is 43.8 Å². The van der Waals surface area contributed by atoms with Crippen molar-refractivity contribution in [3.63, 3.8) is 0 Å². The second kappa shape index (κ2) is 15.2. The van der Waals surface area contributed by atoms with Crippen molar-refractivity contribution in [3.8, 4) is 16.9 Å². The fourth-order valence-electron chi connectivity index (χ4n) is 6.67. The summed E-state index contributed by atoms with van der Waals surface area (Å²) in [4.78, 5) is 39.0. The molecule has 0 bridgehead atoms. The molecule has 11 heteroatoms. The van der Waals surface area contributed by atoms with E-state index in [1.54, 1.807) is 6.20 Å². The van der Waals surface area contributed by atoms with Crippen LogP contribution in [0.15, 0.2) is 122 Å². The molecule has 4 heterocycles. The summed E-state index contributed by atoms with van der Waals surface area (Å²) in [5.41, 5.74) is 6.45. The minimum absolute atomic E-state index is 0.205. The van der Waals surface area contributed by atoms with Gasteiger partial charge in [0.05, 0.1) is 23.0 Å². The molecule has 0 unspecified atom stereocenters. The van der Waals surface area contributed by atoms with Gasteiger partial charge in [-0.05, 0) is 91.9 Å². The molecule has 1 aliphatic rings. The molecular weight excluding hydrogens is 709 g/mol. The molecule has 0 saturated carbocycles. The Hall–Kier alpha value is -6.33. The molecule has 55 heavy (non-hydrogen) atoms. The van der Waals surface area contributed by atoms with Gasteiger partial charge in [0, 0.05) is 36.0 Å². The van der Waals surface area contributed by atoms with Gasteiger partial charge < -0.3 is 14.4 Å². The van der Waals surface area contributed by atoms with E-state index in [9.17, 15) is 9.59 Å². The number of amides is 1. The first kappa shape index (κ1) is 35.7. The number of para-hydroxylation sites is 1. The van der Waals surface area contributed by atoms with Gasteiger partial charge in [-0.1, -0.05) is 78.1 Å². The number of anilines is 2. The lowest BCUT2D eigenvalue weighted by Gasteiger charge is -2.31. The van der Waals surface area contributed by atoms with Gasteiger partial charge in [0.1, 0.15) is 23.8 Å². The smallest absolute Gasteiger partial charge is 0.358 e. The Morgan fingerprint density at radius 3 is 2.51 bits per heavy atom. The van der Waals surface area contributed by atoms with E-state index >= 15 is 0 Å². The molecule has 4 aromatic carbocycles. The number of carbonyl (C=O) groups is 2. The fraction of sp³-hybridized carbons (Fsp3) is 0.205. The highest BCUT2D eigenvalue weighted by Gasteiger charge is 2.27. The molecule has 1 aliphatic heterocycles. The summed E-state index contributed by atoms with van der Waals surface area (Å²) in [7, 11) is 0. The number of hydrogen-bond donors (Lipinski definition) is 1. The van der Waals surface area contributed by atoms with Crippen LogP contribution in [-0.2, 0) is 30.9 Å². The molecule has 1 amide bonds. The first-order chi connectivity index (χ1) is 26.6. The summed E-state index contributed by atoms with van der Waals surface area (Å²) < 4.78 is 14.8. The number of fused-ring (bicyclic) bond motifs is 2. The number of ether oxygens (including phenoxy) is 2. The van der Waals surface area contributed by atoms with Gasteiger partial charge in [0.2, 0.25) is 0 Å². The lowest BCUT2D eigenvalue weighted by molar-refractivity contribution is 0.00638. The zero-order chi connectivity index (χ0) is 37.9. The molecule has 0 spiro atoms. The zero-order valence-corrected chi connectivity index (χ0v) is 31.7. The minimum Gasteiger partial charge on any atom is -0.489 e. The Bertz CT molecular complexity index is 2470. The lowest BCUT2D eigenvalue weighted by Crippen LogP contribution is -2.33. The fourth-order valence-corrected chi connectivity index (χ4v) is 7.53. The van der Waals surface area contributed by atoms with E-state index < -0.39 is 11.6 Å². The Labute approximate surface area is 323 Å². The molecule has 0 fully saturated rings. The average Bonchev–Trinajstić information content (AvgIpc) is 3.83. The number of benzene rings is 4. The van der Waals surface area contributed by atoms with E-state index in [0.29, 0.717) is 54.7 Å². The van der Waals surface area contributed by atoms with Crippen molar-refractivity contribution < 1.29 is 19.1 Å². The topological polar surface area (TPSA) is 111 Å². The summed E-state index contributed by atoms with van der Waals surface area (Å²) in [6, 6.07) is 35.5. The van der Waals surface area contributed by atoms with Crippen LogP contribution >= 0.6 is 11.3 Å². The highest BCUT2D eigenvalue weighted by atomic mass is 32.1. The largest absolute Gasteiger partial charge is 0.489 e. The van der Waals surface area contributed by atoms with E-state index in [0.717, 1.165) is 43.8 Å². The average molecular weight is 749 g/mol. The standard InChI is InChI=1S/C44H40N6O4S/c1-44(2,3)54-42(52)40-34(32-24-45-50(26-32)25-30-13-9-15-33(23-30)53-28-29-11-5-4-6-12-29)19-20-39(47-40)49-22-21-31-14-10-16-35(36(31)27-49)41(51)48-43-46-37-17-7-8-18-38(37)55-43/h4-20,23-24,26H,21-22,25,27-28H2,1-3H3,(H,46,48,51). The van der Waals surface area contributed by atoms with Crippen molar-refractivity contribution in [3.05, 3.63) is 155 Å². The number of aromatic nitrogens is 4. The number of nitrogens with one attached hydrogen (secondary N) is 1. The predicted octanol–water partition coefficient (Wildman–Crippen LogP) is 8.95. The number of hydrogen-bond acceptors (Lipinski definition) is 9. The second-order valence-corrected chi connectivity index (χ2v) is 15.5. The summed E-state index contributed by atoms with van der Waals surface area (Å²) in [5, 5.41) is 8.21. The highest BCUT2D eigenvalue weighted by Crippen LogP contribution is 2.32. The van der Waals surface area contributed by atoms with Crippen molar-refractivity contribution in [2.24, 2.45) is 0 Å². The van der Waals surface area contributed by atoms with Gasteiger partial charge >= 0.3 is 5.97 Å². The third-order valence-corrected chi connectivity index (χ3v) is 10.2. The molecule has 3 aromatic heterocycles. The number of esters is 1. The van der Waals surface area contributed by atoms with E-state index in [2.05, 4.69) is 26.4 Å². The SMILES string of the molecule is CC(C)(C)OC(=O)c1nc(N2CCc3cccc(C(=O)Nc4nc5ccccc5s4)c3C2)ccc1-c1cnn(Cc2cccc(OCc3ccccc3)c2)c1. The van der Waals surface area contributed by atoms with Gasteiger partial charge in [-0.15, -0.1) is 0 Å². The van der Waals surface area contributed by atoms with Gasteiger partial charge in [0.25, 0.3) is 5.91 Å². The molecule has 7 aromatic rings. The molecule has 0 atom stereocenters. The third kappa shape index (κ3) is 8.27. The van der Waals surface area contributed by atoms with Gasteiger partial charge in [-0.25, -0.2) is 14.8 Å². The minimum atomic E-state index is -0.723. The lowest BCUT2D eigenvalue weighted by atomic mass is 9.94. The van der Waals surface area contributed by atoms with Crippen molar-refractivity contribution >= 4 is 44.4 Å². The molecule has 8 rings (SSSR count). The van der Waals surface area contributed by atoms with E-state index in [1.165, 1.54) is 11.3 Å². The van der Waals surface area contributed by atoms with Gasteiger partial charge in [-0.2, -0.15) is 5.10 Å². The van der Waals surface area contributed by atoms with E-state index in [4.69, 9.17) is 14.5 Å². The molecule has 0 saturated heterocycles. The summed E-state index contributed by atoms with van der Waals surface area (Å²) in [6.45, 7) is 7.63. The number of nitrogens with zero attached hydrogens (tertiary/aromatic N) is 5. The zero-order valence-electron chi connectivity index (χ0n) is 30.9. The molecule has 10 nitrogen and oxygen atoms in total. The summed E-state index contributed by atoms with van der Waals surface area (Å²) in [5.74, 6) is 0.672. The van der Waals surface area contributed by atoms with E-state index in [1.807, 2.05) is 135 Å². The number of pyridine rings is 1. The Morgan fingerprint density at radius 2 is 1.67 bits per heavy atom. The van der Waals surface area contributed by atoms with Crippen LogP contribution < -0.4 is 15.0 Å². The van der Waals surface area contributed by atoms with Crippen LogP contribution in [0, 0.1) is 0 Å². The summed E-state index contributed by atoms with van der Waals surface area (Å²) in [6.07, 6.45) is 4.37. The van der Waals surface area contributed by atoms with Crippen molar-refractivity contribution in [1.29, 1.82) is 0 Å². The Morgan fingerprint density at radius 1 is 0.873 bits per heavy atom. The first-order valence-electron chi connectivity index (χ1n) is 18.2. The molecule has 276 valence electrons. The maximum atomic E-state index is 13.8. The van der Waals surface area contributed by atoms with Crippen molar-refractivity contribution in [2.75, 3.05) is 16.8 Å². The van der Waals surface area contributed by atoms with Crippen molar-refractivity contribution in [2.45, 2.75) is 52.5 Å². The Balaban J connectivity index is 1.03. The maximum Gasteiger partial charge on any atom is 0.358 e. The number of rotatable bonds is 10. The van der Waals surface area contributed by atoms with Crippen LogP contribution in [0.2, 0.25) is 0 Å². The van der Waals surface area contributed by atoms with Gasteiger partial charge in [-0.3, -0.25) is 14.8 Å². The van der Waals surface area contributed by atoms with Crippen LogP contribution in [0.3, 0.4) is 0 Å². The van der Waals surface area contributed by atoms with Gasteiger partial charge in [0.15, 0.2) is 10.8 Å².